The van der Waals surface area contributed by atoms with Crippen LogP contribution in [0.25, 0.3) is 10.9 Å². The lowest BCUT2D eigenvalue weighted by molar-refractivity contribution is -0.163. The molecule has 1 saturated heterocycles. The van der Waals surface area contributed by atoms with Gasteiger partial charge in [-0.1, -0.05) is 24.4 Å². The molecular formula is C19H21ClN2O4. The normalized spacial score (nSPS) is 26.2. The summed E-state index contributed by atoms with van der Waals surface area (Å²) >= 11 is 6.00. The largest absolute Gasteiger partial charge is 0.481 e. The number of aromatic nitrogens is 1. The van der Waals surface area contributed by atoms with E-state index in [0.29, 0.717) is 29.6 Å². The molecule has 2 atom stereocenters. The van der Waals surface area contributed by atoms with E-state index in [-0.39, 0.29) is 18.9 Å². The standard InChI is InChI=1S/C19H21ClN2O4/c20-13-3-4-14-12(7-13)8-15(21-14)17(24)22-6-5-16(23)19(10-22,18(25)26)9-11-1-2-11/h3-4,7-8,11,16,21,23H,1-2,5-6,9-10H2,(H,25,26)/t16-,19+/m1/s1. The summed E-state index contributed by atoms with van der Waals surface area (Å²) in [6.45, 7) is 0.380. The zero-order valence-corrected chi connectivity index (χ0v) is 15.0. The van der Waals surface area contributed by atoms with Crippen LogP contribution in [0.3, 0.4) is 0 Å². The highest BCUT2D eigenvalue weighted by Crippen LogP contribution is 2.45. The predicted octanol–water partition coefficient (Wildman–Crippen LogP) is 2.90. The zero-order chi connectivity index (χ0) is 18.5. The third kappa shape index (κ3) is 2.97. The monoisotopic (exact) mass is 376 g/mol. The lowest BCUT2D eigenvalue weighted by Crippen LogP contribution is -2.57. The van der Waals surface area contributed by atoms with E-state index in [2.05, 4.69) is 4.98 Å². The van der Waals surface area contributed by atoms with Crippen molar-refractivity contribution in [3.63, 3.8) is 0 Å². The number of carbonyl (C=O) groups is 2. The summed E-state index contributed by atoms with van der Waals surface area (Å²) in [5.41, 5.74) is -0.0636. The number of carboxylic acid groups (broad SMARTS) is 1. The number of aliphatic hydroxyl groups excluding tert-OH is 1. The van der Waals surface area contributed by atoms with Crippen LogP contribution in [0.1, 0.15) is 36.2 Å². The van der Waals surface area contributed by atoms with Crippen molar-refractivity contribution in [2.45, 2.75) is 31.8 Å². The summed E-state index contributed by atoms with van der Waals surface area (Å²) in [5.74, 6) is -0.922. The molecule has 138 valence electrons. The number of likely N-dealkylation sites (tertiary alicyclic amines) is 1. The van der Waals surface area contributed by atoms with Gasteiger partial charge in [0, 0.05) is 29.0 Å². The third-order valence-electron chi connectivity index (χ3n) is 5.66. The second-order valence-electron chi connectivity index (χ2n) is 7.55. The molecule has 2 fully saturated rings. The summed E-state index contributed by atoms with van der Waals surface area (Å²) in [5, 5.41) is 21.7. The molecule has 4 rings (SSSR count). The molecule has 1 aliphatic carbocycles. The molecule has 3 N–H and O–H groups in total. The number of hydrogen-bond donors (Lipinski definition) is 3. The molecule has 0 bridgehead atoms. The molecule has 1 aromatic heterocycles. The van der Waals surface area contributed by atoms with Crippen molar-refractivity contribution in [2.24, 2.45) is 11.3 Å². The summed E-state index contributed by atoms with van der Waals surface area (Å²) < 4.78 is 0. The van der Waals surface area contributed by atoms with Gasteiger partial charge in [0.2, 0.25) is 0 Å². The minimum atomic E-state index is -1.27. The van der Waals surface area contributed by atoms with E-state index in [1.165, 1.54) is 0 Å². The Hall–Kier alpha value is -2.05. The van der Waals surface area contributed by atoms with E-state index < -0.39 is 17.5 Å². The fraction of sp³-hybridized carbons (Fsp3) is 0.474. The van der Waals surface area contributed by atoms with Crippen molar-refractivity contribution < 1.29 is 19.8 Å². The maximum absolute atomic E-state index is 13.0. The molecular weight excluding hydrogens is 356 g/mol. The van der Waals surface area contributed by atoms with Crippen LogP contribution in [0.5, 0.6) is 0 Å². The number of piperidine rings is 1. The molecule has 26 heavy (non-hydrogen) atoms. The number of hydrogen-bond acceptors (Lipinski definition) is 3. The number of fused-ring (bicyclic) bond motifs is 1. The van der Waals surface area contributed by atoms with Crippen molar-refractivity contribution in [3.05, 3.63) is 35.0 Å². The highest BCUT2D eigenvalue weighted by atomic mass is 35.5. The predicted molar refractivity (Wildman–Crippen MR) is 97.2 cm³/mol. The molecule has 1 aromatic carbocycles. The van der Waals surface area contributed by atoms with Crippen LogP contribution in [0.4, 0.5) is 0 Å². The number of benzene rings is 1. The maximum atomic E-state index is 13.0. The summed E-state index contributed by atoms with van der Waals surface area (Å²) in [7, 11) is 0. The van der Waals surface area contributed by atoms with Crippen molar-refractivity contribution in [1.82, 2.24) is 9.88 Å². The number of carbonyl (C=O) groups excluding carboxylic acids is 1. The first-order valence-corrected chi connectivity index (χ1v) is 9.26. The number of aliphatic carboxylic acids is 1. The van der Waals surface area contributed by atoms with E-state index in [1.54, 1.807) is 23.1 Å². The van der Waals surface area contributed by atoms with Gasteiger partial charge >= 0.3 is 5.97 Å². The Morgan fingerprint density at radius 3 is 2.73 bits per heavy atom. The van der Waals surface area contributed by atoms with Crippen LogP contribution in [-0.4, -0.2) is 51.2 Å². The molecule has 1 amide bonds. The summed E-state index contributed by atoms with van der Waals surface area (Å²) in [6, 6.07) is 7.07. The first kappa shape index (κ1) is 17.4. The Labute approximate surface area is 155 Å². The fourth-order valence-corrected chi connectivity index (χ4v) is 4.16. The highest BCUT2D eigenvalue weighted by Gasteiger charge is 2.52. The van der Waals surface area contributed by atoms with Gasteiger partial charge in [-0.2, -0.15) is 0 Å². The molecule has 2 heterocycles. The Kier molecular flexibility index (Phi) is 4.20. The van der Waals surface area contributed by atoms with Gasteiger partial charge in [-0.25, -0.2) is 0 Å². The van der Waals surface area contributed by atoms with Gasteiger partial charge in [0.25, 0.3) is 5.91 Å². The molecule has 0 unspecified atom stereocenters. The zero-order valence-electron chi connectivity index (χ0n) is 14.2. The van der Waals surface area contributed by atoms with Gasteiger partial charge < -0.3 is 20.1 Å². The first-order chi connectivity index (χ1) is 12.4. The number of aromatic amines is 1. The Morgan fingerprint density at radius 1 is 1.27 bits per heavy atom. The van der Waals surface area contributed by atoms with E-state index in [4.69, 9.17) is 11.6 Å². The van der Waals surface area contributed by atoms with Crippen LogP contribution in [-0.2, 0) is 4.79 Å². The molecule has 7 heteroatoms. The van der Waals surface area contributed by atoms with Gasteiger partial charge in [-0.3, -0.25) is 9.59 Å². The van der Waals surface area contributed by atoms with E-state index in [1.807, 2.05) is 6.07 Å². The van der Waals surface area contributed by atoms with Crippen LogP contribution in [0.2, 0.25) is 5.02 Å². The summed E-state index contributed by atoms with van der Waals surface area (Å²) in [4.78, 5) is 29.6. The maximum Gasteiger partial charge on any atom is 0.314 e. The van der Waals surface area contributed by atoms with E-state index in [9.17, 15) is 19.8 Å². The highest BCUT2D eigenvalue weighted by molar-refractivity contribution is 6.31. The Bertz CT molecular complexity index is 876. The van der Waals surface area contributed by atoms with Gasteiger partial charge in [0.1, 0.15) is 11.1 Å². The van der Waals surface area contributed by atoms with Crippen molar-refractivity contribution in [3.8, 4) is 0 Å². The van der Waals surface area contributed by atoms with Gasteiger partial charge in [0.05, 0.1) is 6.10 Å². The van der Waals surface area contributed by atoms with Crippen molar-refractivity contribution in [2.75, 3.05) is 13.1 Å². The van der Waals surface area contributed by atoms with Crippen LogP contribution in [0.15, 0.2) is 24.3 Å². The number of H-pyrrole nitrogens is 1. The fourth-order valence-electron chi connectivity index (χ4n) is 3.98. The number of carboxylic acids is 1. The van der Waals surface area contributed by atoms with Crippen LogP contribution < -0.4 is 0 Å². The van der Waals surface area contributed by atoms with Gasteiger partial charge in [-0.15, -0.1) is 0 Å². The first-order valence-electron chi connectivity index (χ1n) is 8.88. The van der Waals surface area contributed by atoms with Gasteiger partial charge in [-0.05, 0) is 43.0 Å². The smallest absolute Gasteiger partial charge is 0.314 e. The lowest BCUT2D eigenvalue weighted by atomic mass is 9.73. The number of rotatable bonds is 4. The number of nitrogens with zero attached hydrogens (tertiary/aromatic N) is 1. The SMILES string of the molecule is O=C(c1cc2cc(Cl)ccc2[nH]1)N1CC[C@@H](O)[C@@](CC2CC2)(C(=O)O)C1. The second-order valence-corrected chi connectivity index (χ2v) is 7.99. The molecule has 2 aromatic rings. The number of aliphatic hydroxyl groups is 1. The van der Waals surface area contributed by atoms with E-state index in [0.717, 1.165) is 23.7 Å². The molecule has 1 aliphatic heterocycles. The average Bonchev–Trinajstić information content (AvgIpc) is 3.31. The molecule has 0 spiro atoms. The minimum absolute atomic E-state index is 0.0367. The lowest BCUT2D eigenvalue weighted by Gasteiger charge is -2.43. The minimum Gasteiger partial charge on any atom is -0.481 e. The van der Waals surface area contributed by atoms with Crippen molar-refractivity contribution in [1.29, 1.82) is 0 Å². The Balaban J connectivity index is 1.61. The van der Waals surface area contributed by atoms with Crippen LogP contribution >= 0.6 is 11.6 Å². The molecule has 2 aliphatic rings. The molecule has 0 radical (unpaired) electrons. The number of halogens is 1. The van der Waals surface area contributed by atoms with Gasteiger partial charge in [0.15, 0.2) is 0 Å². The third-order valence-corrected chi connectivity index (χ3v) is 5.89. The average molecular weight is 377 g/mol. The number of nitrogens with one attached hydrogen (secondary N) is 1. The molecule has 1 saturated carbocycles. The summed E-state index contributed by atoms with van der Waals surface area (Å²) in [6.07, 6.45) is 1.77. The topological polar surface area (TPSA) is 93.6 Å². The van der Waals surface area contributed by atoms with E-state index >= 15 is 0 Å². The number of amides is 1. The second kappa shape index (κ2) is 6.28. The Morgan fingerprint density at radius 2 is 2.04 bits per heavy atom. The van der Waals surface area contributed by atoms with Crippen molar-refractivity contribution >= 4 is 34.4 Å². The quantitative estimate of drug-likeness (QED) is 0.764. The van der Waals surface area contributed by atoms with Crippen LogP contribution in [0, 0.1) is 11.3 Å². The molecule has 6 nitrogen and oxygen atoms in total.